The van der Waals surface area contributed by atoms with Crippen molar-refractivity contribution in [2.45, 2.75) is 31.5 Å². The minimum absolute atomic E-state index is 0.00345. The lowest BCUT2D eigenvalue weighted by Crippen LogP contribution is -2.36. The second kappa shape index (κ2) is 8.17. The van der Waals surface area contributed by atoms with E-state index in [4.69, 9.17) is 14.9 Å². The van der Waals surface area contributed by atoms with Crippen LogP contribution in [-0.4, -0.2) is 64.4 Å². The fourth-order valence-electron chi connectivity index (χ4n) is 3.39. The zero-order valence-electron chi connectivity index (χ0n) is 16.8. The first kappa shape index (κ1) is 24.4. The minimum atomic E-state index is -5.22. The zero-order valence-corrected chi connectivity index (χ0v) is 19.5. The summed E-state index contributed by atoms with van der Waals surface area (Å²) in [6.45, 7) is 1.07. The zero-order chi connectivity index (χ0) is 24.3. The van der Waals surface area contributed by atoms with E-state index in [1.54, 1.807) is 7.05 Å². The number of rotatable bonds is 4. The molecule has 4 rings (SSSR count). The number of carbonyl (C=O) groups excluding carboxylic acids is 1. The molecule has 0 amide bonds. The number of carbonyl (C=O) groups is 1. The fraction of sp³-hybridized carbons (Fsp3) is 0.538. The van der Waals surface area contributed by atoms with Crippen molar-refractivity contribution in [2.75, 3.05) is 6.16 Å². The molecule has 2 aromatic rings. The van der Waals surface area contributed by atoms with Crippen LogP contribution in [0.1, 0.15) is 13.2 Å². The number of hydrogen-bond donors (Lipinski definition) is 4. The number of nitrogens with one attached hydrogen (secondary N) is 1. The molecular formula is C13H18N5O12P3. The van der Waals surface area contributed by atoms with Gasteiger partial charge >= 0.3 is 29.2 Å². The molecule has 2 fully saturated rings. The van der Waals surface area contributed by atoms with Crippen LogP contribution >= 0.6 is 23.2 Å². The summed E-state index contributed by atoms with van der Waals surface area (Å²) >= 11 is 0. The SMILES string of the molecule is CC(=O)O[C@@H]1[C@H](O)[C@@H](CP2(=O)OP(=O)(O)OP(=O)(O)O2)O[C@H]1n1cnc2c(=N)n(C)cnc21. The van der Waals surface area contributed by atoms with Crippen molar-refractivity contribution in [1.29, 1.82) is 5.41 Å². The quantitative estimate of drug-likeness (QED) is 0.299. The number of aliphatic hydroxyl groups is 1. The molecule has 20 heteroatoms. The van der Waals surface area contributed by atoms with Crippen molar-refractivity contribution in [3.05, 3.63) is 18.1 Å². The Morgan fingerprint density at radius 3 is 2.42 bits per heavy atom. The Morgan fingerprint density at radius 1 is 1.18 bits per heavy atom. The maximum absolute atomic E-state index is 12.8. The Hall–Kier alpha value is -1.77. The lowest BCUT2D eigenvalue weighted by molar-refractivity contribution is -0.155. The van der Waals surface area contributed by atoms with Crippen LogP contribution in [-0.2, 0) is 47.9 Å². The minimum Gasteiger partial charge on any atom is -0.455 e. The first-order valence-corrected chi connectivity index (χ1v) is 13.7. The number of hydrogen-bond acceptors (Lipinski definition) is 13. The Kier molecular flexibility index (Phi) is 6.03. The largest absolute Gasteiger partial charge is 0.488 e. The molecule has 0 radical (unpaired) electrons. The summed E-state index contributed by atoms with van der Waals surface area (Å²) in [4.78, 5) is 38.7. The molecule has 2 saturated heterocycles. The number of esters is 1. The van der Waals surface area contributed by atoms with Crippen molar-refractivity contribution in [2.24, 2.45) is 7.05 Å². The summed E-state index contributed by atoms with van der Waals surface area (Å²) in [6, 6.07) is 0. The van der Waals surface area contributed by atoms with E-state index in [2.05, 4.69) is 22.9 Å². The highest BCUT2D eigenvalue weighted by Crippen LogP contribution is 2.79. The van der Waals surface area contributed by atoms with E-state index < -0.39 is 59.9 Å². The smallest absolute Gasteiger partial charge is 0.455 e. The van der Waals surface area contributed by atoms with Crippen LogP contribution in [0, 0.1) is 5.41 Å². The van der Waals surface area contributed by atoms with Gasteiger partial charge in [0.05, 0.1) is 18.8 Å². The molecule has 17 nitrogen and oxygen atoms in total. The van der Waals surface area contributed by atoms with E-state index in [-0.39, 0.29) is 16.7 Å². The first-order chi connectivity index (χ1) is 15.2. The van der Waals surface area contributed by atoms with Crippen LogP contribution in [0.2, 0.25) is 0 Å². The molecule has 0 aliphatic carbocycles. The predicted molar refractivity (Wildman–Crippen MR) is 103 cm³/mol. The number of ether oxygens (including phenoxy) is 2. The van der Waals surface area contributed by atoms with Crippen molar-refractivity contribution in [1.82, 2.24) is 19.1 Å². The van der Waals surface area contributed by atoms with Crippen molar-refractivity contribution < 1.29 is 55.8 Å². The molecule has 0 spiro atoms. The van der Waals surface area contributed by atoms with Crippen LogP contribution in [0.25, 0.3) is 11.2 Å². The monoisotopic (exact) mass is 529 g/mol. The van der Waals surface area contributed by atoms with E-state index in [1.807, 2.05) is 0 Å². The van der Waals surface area contributed by atoms with Crippen LogP contribution < -0.4 is 5.49 Å². The molecule has 2 aliphatic heterocycles. The van der Waals surface area contributed by atoms with Gasteiger partial charge in [-0.1, -0.05) is 0 Å². The average Bonchev–Trinajstić information content (AvgIpc) is 3.18. The van der Waals surface area contributed by atoms with Gasteiger partial charge in [-0.2, -0.15) is 4.31 Å². The Bertz CT molecular complexity index is 1300. The van der Waals surface area contributed by atoms with Crippen molar-refractivity contribution in [3.63, 3.8) is 0 Å². The molecule has 182 valence electrons. The van der Waals surface area contributed by atoms with E-state index in [0.717, 1.165) is 6.92 Å². The van der Waals surface area contributed by atoms with E-state index in [0.29, 0.717) is 0 Å². The van der Waals surface area contributed by atoms with Gasteiger partial charge in [0, 0.05) is 14.0 Å². The predicted octanol–water partition coefficient (Wildman–Crippen LogP) is -0.103. The number of aromatic nitrogens is 4. The summed E-state index contributed by atoms with van der Waals surface area (Å²) < 4.78 is 62.4. The third kappa shape index (κ3) is 4.75. The number of aryl methyl sites for hydroxylation is 1. The van der Waals surface area contributed by atoms with Gasteiger partial charge in [-0.25, -0.2) is 27.7 Å². The maximum Gasteiger partial charge on any atom is 0.488 e. The van der Waals surface area contributed by atoms with E-state index in [9.17, 15) is 33.4 Å². The summed E-state index contributed by atoms with van der Waals surface area (Å²) in [5.74, 6) is -0.803. The van der Waals surface area contributed by atoms with Crippen LogP contribution in [0.15, 0.2) is 12.7 Å². The molecule has 2 aliphatic rings. The highest BCUT2D eigenvalue weighted by Gasteiger charge is 2.57. The van der Waals surface area contributed by atoms with Gasteiger partial charge < -0.3 is 28.9 Å². The number of nitrogens with zero attached hydrogens (tertiary/aromatic N) is 4. The fourth-order valence-corrected chi connectivity index (χ4v) is 9.39. The molecule has 0 saturated carbocycles. The summed E-state index contributed by atoms with van der Waals surface area (Å²) in [5.41, 5.74) is 0.302. The van der Waals surface area contributed by atoms with Crippen LogP contribution in [0.5, 0.6) is 0 Å². The third-order valence-electron chi connectivity index (χ3n) is 4.65. The van der Waals surface area contributed by atoms with Gasteiger partial charge in [0.2, 0.25) is 0 Å². The summed E-state index contributed by atoms with van der Waals surface area (Å²) in [6.07, 6.45) is -4.36. The number of aliphatic hydroxyl groups excluding tert-OH is 1. The summed E-state index contributed by atoms with van der Waals surface area (Å²) in [7, 11) is -13.7. The highest BCUT2D eigenvalue weighted by molar-refractivity contribution is 7.76. The third-order valence-corrected chi connectivity index (χ3v) is 10.8. The first-order valence-electron chi connectivity index (χ1n) is 9.02. The average molecular weight is 529 g/mol. The molecule has 4 N–H and O–H groups in total. The number of imidazole rings is 1. The van der Waals surface area contributed by atoms with Crippen LogP contribution in [0.4, 0.5) is 0 Å². The van der Waals surface area contributed by atoms with Gasteiger partial charge in [-0.15, -0.1) is 0 Å². The van der Waals surface area contributed by atoms with Crippen molar-refractivity contribution in [3.8, 4) is 0 Å². The highest BCUT2D eigenvalue weighted by atomic mass is 31.3. The molecule has 2 unspecified atom stereocenters. The standard InChI is InChI=1S/C13H18N5O12P3/c1-6(19)26-10-9(20)7(3-31(21)28-32(22,23)30-33(24,25)29-31)27-13(10)18-5-15-8-11(14)17(2)4-16-12(8)18/h4-5,7,9-10,13-14,20H,3H2,1-2H3,(H,22,23)(H,24,25)/t7-,9-,10-,13-/m1/s1. The molecule has 4 heterocycles. The number of phosphoric acid groups is 2. The van der Waals surface area contributed by atoms with Gasteiger partial charge in [-0.05, 0) is 0 Å². The molecule has 0 aromatic carbocycles. The van der Waals surface area contributed by atoms with E-state index >= 15 is 0 Å². The van der Waals surface area contributed by atoms with Crippen LogP contribution in [0.3, 0.4) is 0 Å². The summed E-state index contributed by atoms with van der Waals surface area (Å²) in [5, 5.41) is 18.8. The second-order valence-electron chi connectivity index (χ2n) is 7.13. The van der Waals surface area contributed by atoms with E-state index in [1.165, 1.54) is 21.8 Å². The topological polar surface area (TPSA) is 235 Å². The lowest BCUT2D eigenvalue weighted by atomic mass is 10.1. The second-order valence-corrected chi connectivity index (χ2v) is 12.6. The van der Waals surface area contributed by atoms with Gasteiger partial charge in [0.15, 0.2) is 23.5 Å². The molecule has 0 bridgehead atoms. The number of fused-ring (bicyclic) bond motifs is 1. The molecular weight excluding hydrogens is 511 g/mol. The van der Waals surface area contributed by atoms with Gasteiger partial charge in [0.1, 0.15) is 17.7 Å². The Balaban J connectivity index is 1.69. The Labute approximate surface area is 184 Å². The van der Waals surface area contributed by atoms with Gasteiger partial charge in [0.25, 0.3) is 0 Å². The molecule has 33 heavy (non-hydrogen) atoms. The molecule has 6 atom stereocenters. The van der Waals surface area contributed by atoms with Gasteiger partial charge in [-0.3, -0.25) is 19.3 Å². The molecule has 2 aromatic heterocycles. The van der Waals surface area contributed by atoms with Crippen molar-refractivity contribution >= 4 is 40.4 Å². The maximum atomic E-state index is 12.8. The lowest BCUT2D eigenvalue weighted by Gasteiger charge is -2.29. The normalized spacial score (nSPS) is 39.1. The Morgan fingerprint density at radius 2 is 1.82 bits per heavy atom.